The third-order valence-corrected chi connectivity index (χ3v) is 3.10. The van der Waals surface area contributed by atoms with Crippen LogP contribution in [0.25, 0.3) is 0 Å². The van der Waals surface area contributed by atoms with E-state index in [9.17, 15) is 13.8 Å². The molecule has 15 heavy (non-hydrogen) atoms. The Balaban J connectivity index is 2.22. The molecule has 0 radical (unpaired) electrons. The number of carbonyl (C=O) groups excluding carboxylic acids is 1. The van der Waals surface area contributed by atoms with Crippen molar-refractivity contribution in [1.82, 2.24) is 10.4 Å². The zero-order valence-electron chi connectivity index (χ0n) is 7.97. The van der Waals surface area contributed by atoms with E-state index in [1.54, 1.807) is 0 Å². The Labute approximate surface area is 88.8 Å². The Morgan fingerprint density at radius 3 is 2.53 bits per heavy atom. The minimum absolute atomic E-state index is 0.398. The van der Waals surface area contributed by atoms with E-state index in [-0.39, 0.29) is 0 Å². The van der Waals surface area contributed by atoms with Crippen LogP contribution in [0.15, 0.2) is 0 Å². The molecule has 0 aromatic carbocycles. The van der Waals surface area contributed by atoms with E-state index in [2.05, 4.69) is 4.84 Å². The Morgan fingerprint density at radius 2 is 2.00 bits per heavy atom. The SMILES string of the molecule is O=C(O)CONC(=O)N1CCS(=O)CC1. The predicted octanol–water partition coefficient (Wildman–Crippen LogP) is -1.22. The summed E-state index contributed by atoms with van der Waals surface area (Å²) in [7, 11) is -0.847. The van der Waals surface area contributed by atoms with Crippen LogP contribution in [0.4, 0.5) is 4.79 Å². The van der Waals surface area contributed by atoms with Crippen molar-refractivity contribution in [3.63, 3.8) is 0 Å². The minimum Gasteiger partial charge on any atom is -0.479 e. The number of amides is 2. The summed E-state index contributed by atoms with van der Waals surface area (Å²) in [5.41, 5.74) is 2.01. The molecule has 0 unspecified atom stereocenters. The van der Waals surface area contributed by atoms with E-state index in [1.807, 2.05) is 5.48 Å². The van der Waals surface area contributed by atoms with E-state index < -0.39 is 29.4 Å². The van der Waals surface area contributed by atoms with Crippen LogP contribution in [0, 0.1) is 0 Å². The summed E-state index contributed by atoms with van der Waals surface area (Å²) in [4.78, 5) is 27.2. The lowest BCUT2D eigenvalue weighted by molar-refractivity contribution is -0.144. The van der Waals surface area contributed by atoms with Crippen LogP contribution in [0.3, 0.4) is 0 Å². The molecule has 2 N–H and O–H groups in total. The maximum atomic E-state index is 11.3. The normalized spacial score (nSPS) is 17.5. The number of carbonyl (C=O) groups is 2. The van der Waals surface area contributed by atoms with Crippen LogP contribution in [-0.2, 0) is 20.4 Å². The van der Waals surface area contributed by atoms with Crippen molar-refractivity contribution < 1.29 is 23.7 Å². The molecule has 0 spiro atoms. The van der Waals surface area contributed by atoms with Gasteiger partial charge in [-0.25, -0.2) is 15.1 Å². The van der Waals surface area contributed by atoms with Crippen LogP contribution in [-0.4, -0.2) is 57.4 Å². The summed E-state index contributed by atoms with van der Waals surface area (Å²) >= 11 is 0. The van der Waals surface area contributed by atoms with E-state index in [0.29, 0.717) is 24.6 Å². The van der Waals surface area contributed by atoms with Gasteiger partial charge in [-0.05, 0) is 0 Å². The number of hydrogen-bond acceptors (Lipinski definition) is 4. The molecule has 8 heteroatoms. The summed E-state index contributed by atoms with van der Waals surface area (Å²) in [6, 6.07) is -0.493. The number of rotatable bonds is 3. The van der Waals surface area contributed by atoms with E-state index in [0.717, 1.165) is 0 Å². The summed E-state index contributed by atoms with van der Waals surface area (Å²) in [6.07, 6.45) is 0. The first-order valence-electron chi connectivity index (χ1n) is 4.33. The Bertz CT molecular complexity index is 273. The molecule has 0 saturated carbocycles. The molecule has 0 aliphatic carbocycles. The van der Waals surface area contributed by atoms with Gasteiger partial charge in [0.2, 0.25) is 0 Å². The number of carboxylic acid groups (broad SMARTS) is 1. The first kappa shape index (κ1) is 11.9. The Kier molecular flexibility index (Phi) is 4.50. The van der Waals surface area contributed by atoms with Gasteiger partial charge in [0.05, 0.1) is 0 Å². The lowest BCUT2D eigenvalue weighted by Crippen LogP contribution is -2.47. The molecule has 1 aliphatic heterocycles. The number of nitrogens with one attached hydrogen (secondary N) is 1. The largest absolute Gasteiger partial charge is 0.479 e. The number of hydrogen-bond donors (Lipinski definition) is 2. The van der Waals surface area contributed by atoms with E-state index in [1.165, 1.54) is 4.90 Å². The third-order valence-electron chi connectivity index (χ3n) is 1.82. The van der Waals surface area contributed by atoms with Crippen molar-refractivity contribution in [1.29, 1.82) is 0 Å². The number of nitrogens with zero attached hydrogens (tertiary/aromatic N) is 1. The Hall–Kier alpha value is -1.15. The monoisotopic (exact) mass is 236 g/mol. The lowest BCUT2D eigenvalue weighted by Gasteiger charge is -2.25. The van der Waals surface area contributed by atoms with Crippen molar-refractivity contribution in [2.24, 2.45) is 0 Å². The van der Waals surface area contributed by atoms with Crippen LogP contribution in [0.2, 0.25) is 0 Å². The molecule has 0 bridgehead atoms. The van der Waals surface area contributed by atoms with Gasteiger partial charge in [-0.1, -0.05) is 0 Å². The van der Waals surface area contributed by atoms with Gasteiger partial charge < -0.3 is 10.0 Å². The van der Waals surface area contributed by atoms with Crippen molar-refractivity contribution in [2.45, 2.75) is 0 Å². The Morgan fingerprint density at radius 1 is 1.40 bits per heavy atom. The average molecular weight is 236 g/mol. The quantitative estimate of drug-likeness (QED) is 0.598. The van der Waals surface area contributed by atoms with Crippen LogP contribution < -0.4 is 5.48 Å². The van der Waals surface area contributed by atoms with Crippen LogP contribution in [0.1, 0.15) is 0 Å². The van der Waals surface area contributed by atoms with Gasteiger partial charge in [0.15, 0.2) is 6.61 Å². The smallest absolute Gasteiger partial charge is 0.341 e. The van der Waals surface area contributed by atoms with Gasteiger partial charge in [-0.2, -0.15) is 0 Å². The first-order chi connectivity index (χ1) is 7.09. The number of urea groups is 1. The van der Waals surface area contributed by atoms with Crippen molar-refractivity contribution in [2.75, 3.05) is 31.2 Å². The zero-order valence-corrected chi connectivity index (χ0v) is 8.79. The molecule has 0 aromatic heterocycles. The maximum Gasteiger partial charge on any atom is 0.341 e. The topological polar surface area (TPSA) is 95.9 Å². The highest BCUT2D eigenvalue weighted by atomic mass is 32.2. The highest BCUT2D eigenvalue weighted by molar-refractivity contribution is 7.85. The van der Waals surface area contributed by atoms with Gasteiger partial charge in [-0.15, -0.1) is 0 Å². The van der Waals surface area contributed by atoms with Gasteiger partial charge >= 0.3 is 12.0 Å². The molecule has 1 fully saturated rings. The summed E-state index contributed by atoms with van der Waals surface area (Å²) < 4.78 is 11.0. The summed E-state index contributed by atoms with van der Waals surface area (Å²) in [5, 5.41) is 8.24. The average Bonchev–Trinajstić information content (AvgIpc) is 2.18. The van der Waals surface area contributed by atoms with Crippen LogP contribution in [0.5, 0.6) is 0 Å². The van der Waals surface area contributed by atoms with Gasteiger partial charge in [0.25, 0.3) is 0 Å². The zero-order chi connectivity index (χ0) is 11.3. The fourth-order valence-electron chi connectivity index (χ4n) is 1.07. The summed E-state index contributed by atoms with van der Waals surface area (Å²) in [5.74, 6) is -0.256. The molecule has 1 rings (SSSR count). The van der Waals surface area contributed by atoms with Crippen molar-refractivity contribution in [3.05, 3.63) is 0 Å². The van der Waals surface area contributed by atoms with Gasteiger partial charge in [0, 0.05) is 35.4 Å². The molecular formula is C7H12N2O5S. The fourth-order valence-corrected chi connectivity index (χ4v) is 2.12. The minimum atomic E-state index is -1.16. The highest BCUT2D eigenvalue weighted by Gasteiger charge is 2.19. The molecule has 1 aliphatic rings. The predicted molar refractivity (Wildman–Crippen MR) is 51.6 cm³/mol. The molecule has 1 saturated heterocycles. The van der Waals surface area contributed by atoms with Crippen molar-refractivity contribution >= 4 is 22.8 Å². The second kappa shape index (κ2) is 5.66. The van der Waals surface area contributed by atoms with E-state index >= 15 is 0 Å². The highest BCUT2D eigenvalue weighted by Crippen LogP contribution is 1.99. The fraction of sp³-hybridized carbons (Fsp3) is 0.714. The van der Waals surface area contributed by atoms with Crippen molar-refractivity contribution in [3.8, 4) is 0 Å². The third kappa shape index (κ3) is 4.26. The van der Waals surface area contributed by atoms with Gasteiger partial charge in [0.1, 0.15) is 0 Å². The second-order valence-corrected chi connectivity index (χ2v) is 4.62. The molecule has 7 nitrogen and oxygen atoms in total. The molecule has 0 aromatic rings. The number of carboxylic acids is 1. The van der Waals surface area contributed by atoms with Gasteiger partial charge in [-0.3, -0.25) is 9.05 Å². The number of aliphatic carboxylic acids is 1. The molecule has 2 amide bonds. The van der Waals surface area contributed by atoms with Crippen LogP contribution >= 0.6 is 0 Å². The number of hydroxylamine groups is 1. The molecule has 0 atom stereocenters. The molecule has 86 valence electrons. The first-order valence-corrected chi connectivity index (χ1v) is 5.82. The maximum absolute atomic E-state index is 11.3. The summed E-state index contributed by atoms with van der Waals surface area (Å²) in [6.45, 7) is 0.218. The molecular weight excluding hydrogens is 224 g/mol. The van der Waals surface area contributed by atoms with E-state index in [4.69, 9.17) is 5.11 Å². The lowest BCUT2D eigenvalue weighted by atomic mass is 10.5. The standard InChI is InChI=1S/C7H12N2O5S/c10-6(11)5-14-8-7(12)9-1-3-15(13)4-2-9/h1-5H2,(H,8,12)(H,10,11). The molecule has 1 heterocycles. The second-order valence-electron chi connectivity index (χ2n) is 2.92.